The second-order valence-electron chi connectivity index (χ2n) is 5.54. The first-order valence-corrected chi connectivity index (χ1v) is 8.32. The van der Waals surface area contributed by atoms with Gasteiger partial charge in [0, 0.05) is 30.5 Å². The first-order valence-electron chi connectivity index (χ1n) is 7.54. The maximum Gasteiger partial charge on any atom is 0.170 e. The average Bonchev–Trinajstić information content (AvgIpc) is 2.48. The molecule has 1 aliphatic heterocycles. The Balaban J connectivity index is 1.65. The van der Waals surface area contributed by atoms with E-state index in [4.69, 9.17) is 28.6 Å². The topological polar surface area (TPSA) is 33.3 Å². The van der Waals surface area contributed by atoms with Gasteiger partial charge in [0.25, 0.3) is 0 Å². The SMILES string of the molecule is Cc1cc(Cl)ccc1NC(=S)NCCCC1CCOCC1. The summed E-state index contributed by atoms with van der Waals surface area (Å²) in [5, 5.41) is 7.90. The molecule has 0 amide bonds. The Bertz CT molecular complexity index is 475. The highest BCUT2D eigenvalue weighted by Crippen LogP contribution is 2.20. The summed E-state index contributed by atoms with van der Waals surface area (Å²) in [6.07, 6.45) is 4.80. The number of halogens is 1. The van der Waals surface area contributed by atoms with Gasteiger partial charge in [-0.2, -0.15) is 0 Å². The van der Waals surface area contributed by atoms with Crippen LogP contribution in [-0.2, 0) is 4.74 Å². The largest absolute Gasteiger partial charge is 0.381 e. The molecule has 1 aliphatic rings. The van der Waals surface area contributed by atoms with Crippen LogP contribution in [0.3, 0.4) is 0 Å². The molecule has 1 saturated heterocycles. The molecule has 0 saturated carbocycles. The average molecular weight is 327 g/mol. The highest BCUT2D eigenvalue weighted by atomic mass is 35.5. The van der Waals surface area contributed by atoms with Gasteiger partial charge in [0.05, 0.1) is 0 Å². The fraction of sp³-hybridized carbons (Fsp3) is 0.562. The molecule has 0 aromatic heterocycles. The van der Waals surface area contributed by atoms with Crippen LogP contribution >= 0.6 is 23.8 Å². The van der Waals surface area contributed by atoms with Gasteiger partial charge in [-0.15, -0.1) is 0 Å². The molecular weight excluding hydrogens is 304 g/mol. The molecule has 0 unspecified atom stereocenters. The summed E-state index contributed by atoms with van der Waals surface area (Å²) in [4.78, 5) is 0. The van der Waals surface area contributed by atoms with Crippen LogP contribution in [0.15, 0.2) is 18.2 Å². The lowest BCUT2D eigenvalue weighted by atomic mass is 9.95. The molecule has 1 heterocycles. The van der Waals surface area contributed by atoms with Crippen LogP contribution in [0.2, 0.25) is 5.02 Å². The smallest absolute Gasteiger partial charge is 0.170 e. The van der Waals surface area contributed by atoms with Crippen molar-refractivity contribution in [3.63, 3.8) is 0 Å². The van der Waals surface area contributed by atoms with Crippen LogP contribution < -0.4 is 10.6 Å². The van der Waals surface area contributed by atoms with E-state index in [-0.39, 0.29) is 0 Å². The second-order valence-corrected chi connectivity index (χ2v) is 6.38. The summed E-state index contributed by atoms with van der Waals surface area (Å²) < 4.78 is 5.37. The van der Waals surface area contributed by atoms with Gasteiger partial charge in [0.1, 0.15) is 0 Å². The lowest BCUT2D eigenvalue weighted by molar-refractivity contribution is 0.0634. The van der Waals surface area contributed by atoms with Gasteiger partial charge in [-0.05, 0) is 74.5 Å². The summed E-state index contributed by atoms with van der Waals surface area (Å²) in [5.74, 6) is 0.820. The Labute approximate surface area is 137 Å². The fourth-order valence-corrected chi connectivity index (χ4v) is 3.00. The summed E-state index contributed by atoms with van der Waals surface area (Å²) in [6, 6.07) is 5.75. The molecule has 0 atom stereocenters. The summed E-state index contributed by atoms with van der Waals surface area (Å²) >= 11 is 11.3. The van der Waals surface area contributed by atoms with E-state index in [1.54, 1.807) is 0 Å². The van der Waals surface area contributed by atoms with E-state index >= 15 is 0 Å². The molecule has 1 aromatic rings. The first-order chi connectivity index (χ1) is 10.1. The maximum absolute atomic E-state index is 5.94. The van der Waals surface area contributed by atoms with Crippen molar-refractivity contribution in [1.29, 1.82) is 0 Å². The Morgan fingerprint density at radius 1 is 1.38 bits per heavy atom. The summed E-state index contributed by atoms with van der Waals surface area (Å²) in [5.41, 5.74) is 2.09. The first kappa shape index (κ1) is 16.5. The predicted octanol–water partition coefficient (Wildman–Crippen LogP) is 4.14. The number of aryl methyl sites for hydroxylation is 1. The lowest BCUT2D eigenvalue weighted by Gasteiger charge is -2.22. The number of nitrogens with one attached hydrogen (secondary N) is 2. The quantitative estimate of drug-likeness (QED) is 0.629. The number of hydrogen-bond donors (Lipinski definition) is 2. The van der Waals surface area contributed by atoms with Crippen molar-refractivity contribution in [1.82, 2.24) is 5.32 Å². The van der Waals surface area contributed by atoms with Crippen molar-refractivity contribution in [3.8, 4) is 0 Å². The van der Waals surface area contributed by atoms with E-state index in [0.717, 1.165) is 48.4 Å². The van der Waals surface area contributed by atoms with Gasteiger partial charge in [-0.3, -0.25) is 0 Å². The van der Waals surface area contributed by atoms with Crippen molar-refractivity contribution in [3.05, 3.63) is 28.8 Å². The standard InChI is InChI=1S/C16H23ClN2OS/c1-12-11-14(17)4-5-15(12)19-16(21)18-8-2-3-13-6-9-20-10-7-13/h4-5,11,13H,2-3,6-10H2,1H3,(H2,18,19,21). The Hall–Kier alpha value is -0.840. The molecule has 0 radical (unpaired) electrons. The minimum absolute atomic E-state index is 0.674. The van der Waals surface area contributed by atoms with Crippen molar-refractivity contribution < 1.29 is 4.74 Å². The fourth-order valence-electron chi connectivity index (χ4n) is 2.56. The van der Waals surface area contributed by atoms with E-state index in [9.17, 15) is 0 Å². The normalized spacial score (nSPS) is 15.7. The van der Waals surface area contributed by atoms with Crippen LogP contribution in [0, 0.1) is 12.8 Å². The number of ether oxygens (including phenoxy) is 1. The molecule has 116 valence electrons. The van der Waals surface area contributed by atoms with Crippen LogP contribution in [0.4, 0.5) is 5.69 Å². The van der Waals surface area contributed by atoms with Gasteiger partial charge in [0.15, 0.2) is 5.11 Å². The molecule has 1 aromatic carbocycles. The van der Waals surface area contributed by atoms with Gasteiger partial charge in [-0.25, -0.2) is 0 Å². The minimum Gasteiger partial charge on any atom is -0.381 e. The number of rotatable bonds is 5. The van der Waals surface area contributed by atoms with Crippen LogP contribution in [0.1, 0.15) is 31.2 Å². The highest BCUT2D eigenvalue weighted by Gasteiger charge is 2.12. The van der Waals surface area contributed by atoms with Crippen molar-refractivity contribution >= 4 is 34.6 Å². The number of benzene rings is 1. The van der Waals surface area contributed by atoms with E-state index in [1.807, 2.05) is 25.1 Å². The van der Waals surface area contributed by atoms with E-state index in [1.165, 1.54) is 19.3 Å². The Kier molecular flexibility index (Phi) is 6.74. The molecule has 2 N–H and O–H groups in total. The number of thiocarbonyl (C=S) groups is 1. The third-order valence-electron chi connectivity index (χ3n) is 3.85. The molecule has 0 spiro atoms. The van der Waals surface area contributed by atoms with E-state index in [2.05, 4.69) is 10.6 Å². The molecule has 0 bridgehead atoms. The van der Waals surface area contributed by atoms with Gasteiger partial charge >= 0.3 is 0 Å². The molecule has 21 heavy (non-hydrogen) atoms. The van der Waals surface area contributed by atoms with Crippen molar-refractivity contribution in [2.24, 2.45) is 5.92 Å². The zero-order valence-electron chi connectivity index (χ0n) is 12.5. The Morgan fingerprint density at radius 2 is 2.14 bits per heavy atom. The van der Waals surface area contributed by atoms with Gasteiger partial charge in [0.2, 0.25) is 0 Å². The van der Waals surface area contributed by atoms with Crippen molar-refractivity contribution in [2.45, 2.75) is 32.6 Å². The third-order valence-corrected chi connectivity index (χ3v) is 4.33. The predicted molar refractivity (Wildman–Crippen MR) is 93.2 cm³/mol. The van der Waals surface area contributed by atoms with Crippen LogP contribution in [-0.4, -0.2) is 24.9 Å². The van der Waals surface area contributed by atoms with Crippen molar-refractivity contribution in [2.75, 3.05) is 25.1 Å². The molecule has 0 aliphatic carbocycles. The van der Waals surface area contributed by atoms with E-state index < -0.39 is 0 Å². The highest BCUT2D eigenvalue weighted by molar-refractivity contribution is 7.80. The summed E-state index contributed by atoms with van der Waals surface area (Å²) in [6.45, 7) is 4.78. The molecular formula is C16H23ClN2OS. The monoisotopic (exact) mass is 326 g/mol. The molecule has 5 heteroatoms. The molecule has 1 fully saturated rings. The lowest BCUT2D eigenvalue weighted by Crippen LogP contribution is -2.30. The van der Waals surface area contributed by atoms with Crippen LogP contribution in [0.25, 0.3) is 0 Å². The maximum atomic E-state index is 5.94. The van der Waals surface area contributed by atoms with Gasteiger partial charge in [-0.1, -0.05) is 11.6 Å². The Morgan fingerprint density at radius 3 is 2.86 bits per heavy atom. The summed E-state index contributed by atoms with van der Waals surface area (Å²) in [7, 11) is 0. The number of anilines is 1. The van der Waals surface area contributed by atoms with E-state index in [0.29, 0.717) is 5.11 Å². The second kappa shape index (κ2) is 8.57. The third kappa shape index (κ3) is 5.81. The zero-order valence-corrected chi connectivity index (χ0v) is 14.0. The minimum atomic E-state index is 0.674. The molecule has 2 rings (SSSR count). The number of hydrogen-bond acceptors (Lipinski definition) is 2. The van der Waals surface area contributed by atoms with Gasteiger partial charge < -0.3 is 15.4 Å². The van der Waals surface area contributed by atoms with Crippen LogP contribution in [0.5, 0.6) is 0 Å². The molecule has 3 nitrogen and oxygen atoms in total. The zero-order chi connectivity index (χ0) is 15.1.